The Hall–Kier alpha value is -1.07. The summed E-state index contributed by atoms with van der Waals surface area (Å²) in [5, 5.41) is 9.49. The van der Waals surface area contributed by atoms with Gasteiger partial charge in [-0.05, 0) is 31.4 Å². The molecule has 0 aliphatic heterocycles. The molecule has 3 heteroatoms. The average Bonchev–Trinajstić information content (AvgIpc) is 2.15. The molecule has 0 N–H and O–H groups in total. The lowest BCUT2D eigenvalue weighted by Crippen LogP contribution is -2.30. The fourth-order valence-electron chi connectivity index (χ4n) is 1.97. The molecule has 2 rings (SSSR count). The van der Waals surface area contributed by atoms with Crippen LogP contribution in [0.5, 0.6) is 0 Å². The second-order valence-corrected chi connectivity index (χ2v) is 4.53. The number of benzene rings is 1. The van der Waals surface area contributed by atoms with Gasteiger partial charge < -0.3 is 0 Å². The Bertz CT molecular complexity index is 398. The van der Waals surface area contributed by atoms with E-state index in [0.717, 1.165) is 19.3 Å². The fourth-order valence-corrected chi connectivity index (χ4v) is 2.20. The van der Waals surface area contributed by atoms with Crippen molar-refractivity contribution in [3.63, 3.8) is 0 Å². The van der Waals surface area contributed by atoms with Gasteiger partial charge in [-0.15, -0.1) is 0 Å². The van der Waals surface area contributed by atoms with Crippen molar-refractivity contribution in [1.82, 2.24) is 0 Å². The van der Waals surface area contributed by atoms with E-state index >= 15 is 0 Å². The second kappa shape index (κ2) is 3.83. The predicted octanol–water partition coefficient (Wildman–Crippen LogP) is 3.72. The topological polar surface area (TPSA) is 23.8 Å². The van der Waals surface area contributed by atoms with E-state index in [-0.39, 0.29) is 11.2 Å². The van der Waals surface area contributed by atoms with Gasteiger partial charge in [0.1, 0.15) is 5.82 Å². The summed E-state index contributed by atoms with van der Waals surface area (Å²) in [6, 6.07) is 6.94. The van der Waals surface area contributed by atoms with E-state index < -0.39 is 0 Å². The van der Waals surface area contributed by atoms with Crippen molar-refractivity contribution in [3.05, 3.63) is 34.6 Å². The molecular formula is C12H11ClFN. The Morgan fingerprint density at radius 2 is 2.20 bits per heavy atom. The molecule has 1 aromatic rings. The number of halogens is 2. The summed E-state index contributed by atoms with van der Waals surface area (Å²) in [5.74, 6) is -0.302. The van der Waals surface area contributed by atoms with Crippen molar-refractivity contribution >= 4 is 11.6 Å². The van der Waals surface area contributed by atoms with Crippen LogP contribution in [0.1, 0.15) is 24.8 Å². The zero-order valence-corrected chi connectivity index (χ0v) is 9.02. The molecule has 1 aliphatic rings. The van der Waals surface area contributed by atoms with Crippen LogP contribution in [-0.4, -0.2) is 0 Å². The molecule has 1 aliphatic carbocycles. The van der Waals surface area contributed by atoms with Crippen molar-refractivity contribution in [2.24, 2.45) is 5.41 Å². The highest BCUT2D eigenvalue weighted by atomic mass is 35.5. The minimum Gasteiger partial charge on any atom is -0.207 e. The molecule has 15 heavy (non-hydrogen) atoms. The van der Waals surface area contributed by atoms with Gasteiger partial charge in [0.05, 0.1) is 11.5 Å². The molecular weight excluding hydrogens is 213 g/mol. The van der Waals surface area contributed by atoms with Crippen LogP contribution in [0.3, 0.4) is 0 Å². The molecule has 1 saturated carbocycles. The number of rotatable bonds is 2. The summed E-state index contributed by atoms with van der Waals surface area (Å²) in [5.41, 5.74) is 0.117. The minimum absolute atomic E-state index is 0.302. The predicted molar refractivity (Wildman–Crippen MR) is 57.0 cm³/mol. The van der Waals surface area contributed by atoms with Gasteiger partial charge in [-0.25, -0.2) is 4.39 Å². The molecule has 0 saturated heterocycles. The van der Waals surface area contributed by atoms with Crippen molar-refractivity contribution in [1.29, 1.82) is 5.26 Å². The maximum atomic E-state index is 13.5. The normalized spacial score (nSPS) is 17.9. The SMILES string of the molecule is N#CC1(Cc2c(F)cccc2Cl)CCC1. The highest BCUT2D eigenvalue weighted by Crippen LogP contribution is 2.44. The molecule has 0 heterocycles. The van der Waals surface area contributed by atoms with Gasteiger partial charge in [-0.3, -0.25) is 0 Å². The quantitative estimate of drug-likeness (QED) is 0.750. The number of nitriles is 1. The molecule has 1 fully saturated rings. The highest BCUT2D eigenvalue weighted by Gasteiger charge is 2.38. The van der Waals surface area contributed by atoms with Crippen molar-refractivity contribution in [2.45, 2.75) is 25.7 Å². The van der Waals surface area contributed by atoms with Crippen LogP contribution in [0.2, 0.25) is 5.02 Å². The molecule has 0 spiro atoms. The Morgan fingerprint density at radius 1 is 1.47 bits per heavy atom. The molecule has 78 valence electrons. The van der Waals surface area contributed by atoms with E-state index in [1.807, 2.05) is 0 Å². The van der Waals surface area contributed by atoms with E-state index in [1.165, 1.54) is 6.07 Å². The number of hydrogen-bond acceptors (Lipinski definition) is 1. The van der Waals surface area contributed by atoms with Gasteiger partial charge in [0.15, 0.2) is 0 Å². The van der Waals surface area contributed by atoms with Crippen LogP contribution in [0.15, 0.2) is 18.2 Å². The van der Waals surface area contributed by atoms with Crippen molar-refractivity contribution < 1.29 is 4.39 Å². The largest absolute Gasteiger partial charge is 0.207 e. The number of hydrogen-bond donors (Lipinski definition) is 0. The van der Waals surface area contributed by atoms with Gasteiger partial charge in [-0.2, -0.15) is 5.26 Å². The molecule has 0 radical (unpaired) electrons. The van der Waals surface area contributed by atoms with Crippen LogP contribution in [-0.2, 0) is 6.42 Å². The molecule has 1 nitrogen and oxygen atoms in total. The average molecular weight is 224 g/mol. The third-order valence-electron chi connectivity index (χ3n) is 3.12. The molecule has 0 amide bonds. The first-order chi connectivity index (χ1) is 7.17. The summed E-state index contributed by atoms with van der Waals surface area (Å²) in [4.78, 5) is 0. The second-order valence-electron chi connectivity index (χ2n) is 4.12. The third-order valence-corrected chi connectivity index (χ3v) is 3.48. The highest BCUT2D eigenvalue weighted by molar-refractivity contribution is 6.31. The van der Waals surface area contributed by atoms with Gasteiger partial charge in [-0.1, -0.05) is 24.1 Å². The fraction of sp³-hybridized carbons (Fsp3) is 0.417. The summed E-state index contributed by atoms with van der Waals surface area (Å²) < 4.78 is 13.5. The molecule has 0 bridgehead atoms. The van der Waals surface area contributed by atoms with Crippen LogP contribution < -0.4 is 0 Å². The molecule has 0 unspecified atom stereocenters. The zero-order valence-electron chi connectivity index (χ0n) is 8.26. The van der Waals surface area contributed by atoms with E-state index in [2.05, 4.69) is 6.07 Å². The summed E-state index contributed by atoms with van der Waals surface area (Å²) in [6.07, 6.45) is 3.21. The Morgan fingerprint density at radius 3 is 2.67 bits per heavy atom. The van der Waals surface area contributed by atoms with Crippen molar-refractivity contribution in [3.8, 4) is 6.07 Å². The number of nitrogens with zero attached hydrogens (tertiary/aromatic N) is 1. The lowest BCUT2D eigenvalue weighted by atomic mass is 9.66. The first kappa shape index (κ1) is 10.4. The van der Waals surface area contributed by atoms with E-state index in [9.17, 15) is 4.39 Å². The van der Waals surface area contributed by atoms with E-state index in [0.29, 0.717) is 17.0 Å². The van der Waals surface area contributed by atoms with Crippen LogP contribution in [0, 0.1) is 22.6 Å². The molecule has 0 aromatic heterocycles. The van der Waals surface area contributed by atoms with Gasteiger partial charge in [0, 0.05) is 10.6 Å². The summed E-state index contributed by atoms with van der Waals surface area (Å²) in [7, 11) is 0. The lowest BCUT2D eigenvalue weighted by molar-refractivity contribution is 0.212. The Kier molecular flexibility index (Phi) is 2.67. The van der Waals surface area contributed by atoms with Gasteiger partial charge >= 0.3 is 0 Å². The maximum Gasteiger partial charge on any atom is 0.127 e. The first-order valence-electron chi connectivity index (χ1n) is 5.01. The standard InChI is InChI=1S/C12H11ClFN/c13-10-3-1-4-11(14)9(10)7-12(8-15)5-2-6-12/h1,3-4H,2,5-7H2. The van der Waals surface area contributed by atoms with E-state index in [4.69, 9.17) is 16.9 Å². The first-order valence-corrected chi connectivity index (χ1v) is 5.39. The zero-order chi connectivity index (χ0) is 10.9. The van der Waals surface area contributed by atoms with Gasteiger partial charge in [0.2, 0.25) is 0 Å². The van der Waals surface area contributed by atoms with Crippen LogP contribution in [0.4, 0.5) is 4.39 Å². The summed E-state index contributed by atoms with van der Waals surface area (Å²) >= 11 is 5.92. The smallest absolute Gasteiger partial charge is 0.127 e. The van der Waals surface area contributed by atoms with E-state index in [1.54, 1.807) is 12.1 Å². The van der Waals surface area contributed by atoms with Crippen molar-refractivity contribution in [2.75, 3.05) is 0 Å². The summed E-state index contributed by atoms with van der Waals surface area (Å²) in [6.45, 7) is 0. The Balaban J connectivity index is 2.28. The Labute approximate surface area is 93.5 Å². The van der Waals surface area contributed by atoms with Gasteiger partial charge in [0.25, 0.3) is 0 Å². The monoisotopic (exact) mass is 223 g/mol. The molecule has 1 aromatic carbocycles. The molecule has 0 atom stereocenters. The third kappa shape index (κ3) is 1.85. The lowest BCUT2D eigenvalue weighted by Gasteiger charge is -2.35. The maximum absolute atomic E-state index is 13.5. The minimum atomic E-state index is -0.369. The van der Waals surface area contributed by atoms with Crippen LogP contribution >= 0.6 is 11.6 Å². The van der Waals surface area contributed by atoms with Crippen LogP contribution in [0.25, 0.3) is 0 Å².